The number of hydrogen-bond acceptors (Lipinski definition) is 3. The second-order valence-corrected chi connectivity index (χ2v) is 6.36. The van der Waals surface area contributed by atoms with Crippen molar-refractivity contribution in [2.75, 3.05) is 13.1 Å². The van der Waals surface area contributed by atoms with Crippen LogP contribution in [0.25, 0.3) is 5.65 Å². The molecule has 1 fully saturated rings. The Balaban J connectivity index is 1.74. The number of nitrogens with zero attached hydrogens (tertiary/aromatic N) is 4. The first-order valence-electron chi connectivity index (χ1n) is 7.37. The first kappa shape index (κ1) is 13.8. The fourth-order valence-electron chi connectivity index (χ4n) is 3.00. The van der Waals surface area contributed by atoms with Crippen LogP contribution in [0.1, 0.15) is 32.5 Å². The molecule has 0 radical (unpaired) electrons. The molecule has 108 valence electrons. The maximum Gasteiger partial charge on any atom is 0.174 e. The van der Waals surface area contributed by atoms with Gasteiger partial charge >= 0.3 is 0 Å². The minimum atomic E-state index is 0.626. The number of aromatic nitrogens is 3. The van der Waals surface area contributed by atoms with E-state index in [1.807, 2.05) is 18.3 Å². The number of rotatable bonds is 3. The summed E-state index contributed by atoms with van der Waals surface area (Å²) in [6.07, 6.45) is 5.39. The molecule has 2 aromatic heterocycles. The topological polar surface area (TPSA) is 33.4 Å². The van der Waals surface area contributed by atoms with E-state index in [4.69, 9.17) is 11.6 Å². The maximum atomic E-state index is 6.15. The molecular formula is C15H21ClN4. The van der Waals surface area contributed by atoms with E-state index in [0.717, 1.165) is 24.4 Å². The van der Waals surface area contributed by atoms with E-state index in [2.05, 4.69) is 28.8 Å². The van der Waals surface area contributed by atoms with Crippen LogP contribution in [0.2, 0.25) is 5.02 Å². The van der Waals surface area contributed by atoms with Crippen molar-refractivity contribution >= 4 is 17.2 Å². The molecule has 0 bridgehead atoms. The highest BCUT2D eigenvalue weighted by Gasteiger charge is 2.23. The quantitative estimate of drug-likeness (QED) is 0.872. The van der Waals surface area contributed by atoms with Crippen molar-refractivity contribution in [3.63, 3.8) is 0 Å². The van der Waals surface area contributed by atoms with Crippen molar-refractivity contribution < 1.29 is 0 Å². The maximum absolute atomic E-state index is 6.15. The van der Waals surface area contributed by atoms with Crippen molar-refractivity contribution in [2.24, 2.45) is 5.92 Å². The predicted molar refractivity (Wildman–Crippen MR) is 81.1 cm³/mol. The molecule has 1 unspecified atom stereocenters. The lowest BCUT2D eigenvalue weighted by atomic mass is 9.94. The van der Waals surface area contributed by atoms with Gasteiger partial charge in [0.25, 0.3) is 0 Å². The lowest BCUT2D eigenvalue weighted by Crippen LogP contribution is -2.40. The number of likely N-dealkylation sites (tertiary alicyclic amines) is 1. The second-order valence-electron chi connectivity index (χ2n) is 5.95. The summed E-state index contributed by atoms with van der Waals surface area (Å²) >= 11 is 6.15. The van der Waals surface area contributed by atoms with Gasteiger partial charge in [-0.2, -0.15) is 5.10 Å². The highest BCUT2D eigenvalue weighted by atomic mass is 35.5. The van der Waals surface area contributed by atoms with Gasteiger partial charge in [0.15, 0.2) is 11.5 Å². The van der Waals surface area contributed by atoms with Crippen LogP contribution in [0.4, 0.5) is 0 Å². The van der Waals surface area contributed by atoms with Crippen molar-refractivity contribution in [1.82, 2.24) is 19.5 Å². The Kier molecular flexibility index (Phi) is 3.94. The van der Waals surface area contributed by atoms with Gasteiger partial charge in [-0.15, -0.1) is 0 Å². The molecule has 0 spiro atoms. The van der Waals surface area contributed by atoms with Gasteiger partial charge in [0.2, 0.25) is 0 Å². The predicted octanol–water partition coefficient (Wildman–Crippen LogP) is 3.05. The lowest BCUT2D eigenvalue weighted by Gasteiger charge is -2.35. The standard InChI is InChI=1S/C15H21ClN4/c1-11(2)19-7-3-5-12(10-19)9-14-17-15-13(16)6-4-8-20(15)18-14/h4,6,8,11-12H,3,5,7,9-10H2,1-2H3. The Labute approximate surface area is 124 Å². The van der Waals surface area contributed by atoms with E-state index in [1.54, 1.807) is 4.52 Å². The zero-order valence-electron chi connectivity index (χ0n) is 12.1. The Morgan fingerprint density at radius 1 is 1.45 bits per heavy atom. The average Bonchev–Trinajstić information content (AvgIpc) is 2.83. The van der Waals surface area contributed by atoms with Gasteiger partial charge < -0.3 is 4.90 Å². The summed E-state index contributed by atoms with van der Waals surface area (Å²) in [6, 6.07) is 4.38. The van der Waals surface area contributed by atoms with E-state index in [1.165, 1.54) is 19.4 Å². The zero-order chi connectivity index (χ0) is 14.1. The molecule has 0 aromatic carbocycles. The molecular weight excluding hydrogens is 272 g/mol. The van der Waals surface area contributed by atoms with Gasteiger partial charge in [-0.25, -0.2) is 9.50 Å². The largest absolute Gasteiger partial charge is 0.301 e. The molecule has 0 saturated carbocycles. The Hall–Kier alpha value is -1.13. The Bertz CT molecular complexity index is 593. The number of pyridine rings is 1. The van der Waals surface area contributed by atoms with E-state index in [9.17, 15) is 0 Å². The van der Waals surface area contributed by atoms with Gasteiger partial charge in [-0.3, -0.25) is 0 Å². The van der Waals surface area contributed by atoms with Crippen molar-refractivity contribution in [2.45, 2.75) is 39.2 Å². The Morgan fingerprint density at radius 3 is 3.05 bits per heavy atom. The minimum Gasteiger partial charge on any atom is -0.301 e. The number of hydrogen-bond donors (Lipinski definition) is 0. The van der Waals surface area contributed by atoms with E-state index in [0.29, 0.717) is 17.0 Å². The monoisotopic (exact) mass is 292 g/mol. The van der Waals surface area contributed by atoms with Gasteiger partial charge in [0, 0.05) is 25.2 Å². The van der Waals surface area contributed by atoms with Crippen LogP contribution >= 0.6 is 11.6 Å². The highest BCUT2D eigenvalue weighted by molar-refractivity contribution is 6.33. The number of fused-ring (bicyclic) bond motifs is 1. The molecule has 1 aliphatic rings. The van der Waals surface area contributed by atoms with Gasteiger partial charge in [-0.05, 0) is 51.3 Å². The van der Waals surface area contributed by atoms with Crippen LogP contribution in [0, 0.1) is 5.92 Å². The lowest BCUT2D eigenvalue weighted by molar-refractivity contribution is 0.138. The summed E-state index contributed by atoms with van der Waals surface area (Å²) < 4.78 is 1.78. The van der Waals surface area contributed by atoms with Gasteiger partial charge in [0.05, 0.1) is 5.02 Å². The van der Waals surface area contributed by atoms with Crippen molar-refractivity contribution in [3.05, 3.63) is 29.2 Å². The van der Waals surface area contributed by atoms with Crippen LogP contribution in [-0.2, 0) is 6.42 Å². The zero-order valence-corrected chi connectivity index (χ0v) is 12.8. The van der Waals surface area contributed by atoms with E-state index >= 15 is 0 Å². The van der Waals surface area contributed by atoms with Crippen LogP contribution in [0.3, 0.4) is 0 Å². The SMILES string of the molecule is CC(C)N1CCCC(Cc2nc3c(Cl)cccn3n2)C1. The molecule has 0 aliphatic carbocycles. The van der Waals surface area contributed by atoms with Crippen molar-refractivity contribution in [1.29, 1.82) is 0 Å². The fourth-order valence-corrected chi connectivity index (χ4v) is 3.20. The van der Waals surface area contributed by atoms with Crippen LogP contribution in [-0.4, -0.2) is 38.6 Å². The summed E-state index contributed by atoms with van der Waals surface area (Å²) in [7, 11) is 0. The van der Waals surface area contributed by atoms with Crippen LogP contribution in [0.5, 0.6) is 0 Å². The molecule has 1 aliphatic heterocycles. The summed E-state index contributed by atoms with van der Waals surface area (Å²) in [6.45, 7) is 6.91. The first-order valence-corrected chi connectivity index (χ1v) is 7.75. The summed E-state index contributed by atoms with van der Waals surface area (Å²) in [5, 5.41) is 5.21. The summed E-state index contributed by atoms with van der Waals surface area (Å²) in [5.74, 6) is 1.57. The summed E-state index contributed by atoms with van der Waals surface area (Å²) in [4.78, 5) is 7.13. The first-order chi connectivity index (χ1) is 9.63. The van der Waals surface area contributed by atoms with E-state index < -0.39 is 0 Å². The molecule has 20 heavy (non-hydrogen) atoms. The molecule has 0 amide bonds. The molecule has 1 saturated heterocycles. The third kappa shape index (κ3) is 2.81. The van der Waals surface area contributed by atoms with E-state index in [-0.39, 0.29) is 0 Å². The van der Waals surface area contributed by atoms with Crippen LogP contribution in [0.15, 0.2) is 18.3 Å². The number of halogens is 1. The molecule has 5 heteroatoms. The summed E-state index contributed by atoms with van der Waals surface area (Å²) in [5.41, 5.74) is 0.765. The fraction of sp³-hybridized carbons (Fsp3) is 0.600. The second kappa shape index (κ2) is 5.70. The smallest absolute Gasteiger partial charge is 0.174 e. The average molecular weight is 293 g/mol. The molecule has 3 heterocycles. The van der Waals surface area contributed by atoms with Crippen molar-refractivity contribution in [3.8, 4) is 0 Å². The third-order valence-electron chi connectivity index (χ3n) is 4.11. The minimum absolute atomic E-state index is 0.626. The normalized spacial score (nSPS) is 20.9. The molecule has 1 atom stereocenters. The van der Waals surface area contributed by atoms with Gasteiger partial charge in [-0.1, -0.05) is 11.6 Å². The molecule has 4 nitrogen and oxygen atoms in total. The highest BCUT2D eigenvalue weighted by Crippen LogP contribution is 2.22. The Morgan fingerprint density at radius 2 is 2.30 bits per heavy atom. The molecule has 3 rings (SSSR count). The molecule has 0 N–H and O–H groups in total. The third-order valence-corrected chi connectivity index (χ3v) is 4.41. The van der Waals surface area contributed by atoms with Crippen LogP contribution < -0.4 is 0 Å². The number of piperidine rings is 1. The van der Waals surface area contributed by atoms with Gasteiger partial charge in [0.1, 0.15) is 0 Å². The molecule has 2 aromatic rings.